The summed E-state index contributed by atoms with van der Waals surface area (Å²) in [5.74, 6) is -0.769. The molecule has 1 atom stereocenters. The number of carbonyl (C=O) groups is 2. The van der Waals surface area contributed by atoms with Gasteiger partial charge in [0.2, 0.25) is 11.8 Å². The van der Waals surface area contributed by atoms with E-state index in [1.165, 1.54) is 16.4 Å². The molecule has 0 unspecified atom stereocenters. The summed E-state index contributed by atoms with van der Waals surface area (Å²) in [6, 6.07) is 17.7. The first kappa shape index (κ1) is 25.5. The number of hydrogen-bond donors (Lipinski definition) is 3. The number of benzene rings is 2. The zero-order valence-corrected chi connectivity index (χ0v) is 20.2. The van der Waals surface area contributed by atoms with E-state index in [2.05, 4.69) is 10.3 Å². The van der Waals surface area contributed by atoms with Crippen molar-refractivity contribution in [2.75, 3.05) is 17.2 Å². The summed E-state index contributed by atoms with van der Waals surface area (Å²) in [5, 5.41) is 2.81. The Balaban J connectivity index is 2.03. The molecule has 35 heavy (non-hydrogen) atoms. The largest absolute Gasteiger partial charge is 0.383 e. The zero-order chi connectivity index (χ0) is 25.5. The SMILES string of the molecule is CC(=O)N[C@H](CC(=O)N(CC(C)C)c1c(N)n(Cc2ccccc2)c(=O)[nH]c1=O)c1ccccc1. The lowest BCUT2D eigenvalue weighted by molar-refractivity contribution is -0.121. The van der Waals surface area contributed by atoms with Crippen LogP contribution in [0.3, 0.4) is 0 Å². The minimum Gasteiger partial charge on any atom is -0.383 e. The van der Waals surface area contributed by atoms with E-state index < -0.39 is 23.2 Å². The first-order valence-corrected chi connectivity index (χ1v) is 11.5. The van der Waals surface area contributed by atoms with Crippen LogP contribution in [-0.4, -0.2) is 27.9 Å². The molecule has 3 aromatic rings. The minimum atomic E-state index is -0.735. The van der Waals surface area contributed by atoms with Gasteiger partial charge in [-0.2, -0.15) is 0 Å². The summed E-state index contributed by atoms with van der Waals surface area (Å²) in [4.78, 5) is 54.5. The van der Waals surface area contributed by atoms with E-state index in [-0.39, 0.29) is 42.8 Å². The number of aromatic amines is 1. The Morgan fingerprint density at radius 1 is 1.03 bits per heavy atom. The molecular weight excluding hydrogens is 446 g/mol. The van der Waals surface area contributed by atoms with E-state index in [4.69, 9.17) is 5.73 Å². The molecule has 1 heterocycles. The van der Waals surface area contributed by atoms with Gasteiger partial charge in [0.05, 0.1) is 19.0 Å². The highest BCUT2D eigenvalue weighted by Gasteiger charge is 2.28. The van der Waals surface area contributed by atoms with E-state index in [9.17, 15) is 19.2 Å². The highest BCUT2D eigenvalue weighted by atomic mass is 16.2. The predicted octanol–water partition coefficient (Wildman–Crippen LogP) is 2.42. The molecule has 0 aliphatic carbocycles. The standard InChI is InChI=1S/C26H31N5O4/c1-17(2)15-30(22(33)14-21(28-18(3)32)20-12-8-5-9-13-20)23-24(27)31(26(35)29-25(23)34)16-19-10-6-4-7-11-19/h4-13,17,21H,14-16,27H2,1-3H3,(H,28,32)(H,29,34,35)/t21-/m1/s1. The third kappa shape index (κ3) is 6.47. The maximum absolute atomic E-state index is 13.6. The number of nitrogens with two attached hydrogens (primary N) is 1. The molecule has 184 valence electrons. The van der Waals surface area contributed by atoms with Gasteiger partial charge in [0, 0.05) is 13.5 Å². The second-order valence-electron chi connectivity index (χ2n) is 8.83. The second-order valence-corrected chi connectivity index (χ2v) is 8.83. The van der Waals surface area contributed by atoms with Gasteiger partial charge in [0.1, 0.15) is 5.82 Å². The Morgan fingerprint density at radius 3 is 2.20 bits per heavy atom. The van der Waals surface area contributed by atoms with Crippen molar-refractivity contribution in [3.05, 3.63) is 92.6 Å². The minimum absolute atomic E-state index is 0.00296. The van der Waals surface area contributed by atoms with Crippen molar-refractivity contribution < 1.29 is 9.59 Å². The van der Waals surface area contributed by atoms with Crippen LogP contribution in [0.5, 0.6) is 0 Å². The van der Waals surface area contributed by atoms with Crippen LogP contribution < -0.4 is 27.2 Å². The predicted molar refractivity (Wildman–Crippen MR) is 136 cm³/mol. The maximum atomic E-state index is 13.6. The van der Waals surface area contributed by atoms with Gasteiger partial charge in [-0.1, -0.05) is 74.5 Å². The second kappa shape index (κ2) is 11.3. The van der Waals surface area contributed by atoms with Crippen molar-refractivity contribution in [2.24, 2.45) is 5.92 Å². The molecule has 0 radical (unpaired) electrons. The number of aromatic nitrogens is 2. The Kier molecular flexibility index (Phi) is 8.25. The fraction of sp³-hybridized carbons (Fsp3) is 0.308. The molecule has 2 amide bonds. The molecule has 0 fully saturated rings. The van der Waals surface area contributed by atoms with Gasteiger partial charge >= 0.3 is 5.69 Å². The summed E-state index contributed by atoms with van der Waals surface area (Å²) in [6.45, 7) is 5.55. The number of anilines is 2. The van der Waals surface area contributed by atoms with Crippen LogP contribution in [0.4, 0.5) is 11.5 Å². The number of carbonyl (C=O) groups excluding carboxylic acids is 2. The average Bonchev–Trinajstić information content (AvgIpc) is 2.81. The summed E-state index contributed by atoms with van der Waals surface area (Å²) in [5.41, 5.74) is 6.46. The van der Waals surface area contributed by atoms with Crippen LogP contribution in [0, 0.1) is 5.92 Å². The molecule has 9 heteroatoms. The number of nitrogens with zero attached hydrogens (tertiary/aromatic N) is 2. The summed E-state index contributed by atoms with van der Waals surface area (Å²) >= 11 is 0. The van der Waals surface area contributed by atoms with Gasteiger partial charge in [-0.25, -0.2) is 4.79 Å². The van der Waals surface area contributed by atoms with Crippen LogP contribution in [-0.2, 0) is 16.1 Å². The van der Waals surface area contributed by atoms with Crippen LogP contribution in [0.1, 0.15) is 44.4 Å². The molecule has 2 aromatic carbocycles. The lowest BCUT2D eigenvalue weighted by atomic mass is 10.0. The first-order valence-electron chi connectivity index (χ1n) is 11.5. The number of nitrogen functional groups attached to an aromatic ring is 1. The summed E-state index contributed by atoms with van der Waals surface area (Å²) in [6.07, 6.45) is -0.0903. The normalized spacial score (nSPS) is 11.8. The number of amides is 2. The van der Waals surface area contributed by atoms with E-state index >= 15 is 0 Å². The van der Waals surface area contributed by atoms with Crippen molar-refractivity contribution in [1.29, 1.82) is 0 Å². The van der Waals surface area contributed by atoms with Crippen molar-refractivity contribution >= 4 is 23.3 Å². The van der Waals surface area contributed by atoms with Gasteiger partial charge in [-0.05, 0) is 17.0 Å². The third-order valence-electron chi connectivity index (χ3n) is 5.47. The molecule has 3 rings (SSSR count). The van der Waals surface area contributed by atoms with Crippen LogP contribution in [0.15, 0.2) is 70.3 Å². The highest BCUT2D eigenvalue weighted by molar-refractivity contribution is 5.96. The highest BCUT2D eigenvalue weighted by Crippen LogP contribution is 2.24. The zero-order valence-electron chi connectivity index (χ0n) is 20.2. The molecular formula is C26H31N5O4. The van der Waals surface area contributed by atoms with Crippen LogP contribution in [0.25, 0.3) is 0 Å². The van der Waals surface area contributed by atoms with Gasteiger partial charge < -0.3 is 16.0 Å². The number of hydrogen-bond acceptors (Lipinski definition) is 5. The van der Waals surface area contributed by atoms with E-state index in [0.29, 0.717) is 0 Å². The molecule has 9 nitrogen and oxygen atoms in total. The van der Waals surface area contributed by atoms with Crippen molar-refractivity contribution in [3.8, 4) is 0 Å². The number of rotatable bonds is 9. The fourth-order valence-electron chi connectivity index (χ4n) is 3.91. The molecule has 4 N–H and O–H groups in total. The quantitative estimate of drug-likeness (QED) is 0.436. The monoisotopic (exact) mass is 477 g/mol. The van der Waals surface area contributed by atoms with Crippen molar-refractivity contribution in [1.82, 2.24) is 14.9 Å². The van der Waals surface area contributed by atoms with Crippen LogP contribution in [0.2, 0.25) is 0 Å². The smallest absolute Gasteiger partial charge is 0.330 e. The van der Waals surface area contributed by atoms with E-state index in [1.54, 1.807) is 0 Å². The first-order chi connectivity index (χ1) is 16.7. The molecule has 0 saturated heterocycles. The average molecular weight is 478 g/mol. The third-order valence-corrected chi connectivity index (χ3v) is 5.47. The lowest BCUT2D eigenvalue weighted by Crippen LogP contribution is -2.44. The van der Waals surface area contributed by atoms with Gasteiger partial charge in [-0.15, -0.1) is 0 Å². The topological polar surface area (TPSA) is 130 Å². The molecule has 0 saturated carbocycles. The van der Waals surface area contributed by atoms with E-state index in [1.807, 2.05) is 74.5 Å². The van der Waals surface area contributed by atoms with Crippen molar-refractivity contribution in [2.45, 2.75) is 39.8 Å². The van der Waals surface area contributed by atoms with Crippen LogP contribution >= 0.6 is 0 Å². The molecule has 0 bridgehead atoms. The molecule has 0 spiro atoms. The van der Waals surface area contributed by atoms with E-state index in [0.717, 1.165) is 11.1 Å². The molecule has 0 aliphatic heterocycles. The Labute approximate surface area is 203 Å². The molecule has 0 aliphatic rings. The number of H-pyrrole nitrogens is 1. The summed E-state index contributed by atoms with van der Waals surface area (Å²) in [7, 11) is 0. The fourth-order valence-corrected chi connectivity index (χ4v) is 3.91. The summed E-state index contributed by atoms with van der Waals surface area (Å²) < 4.78 is 1.25. The van der Waals surface area contributed by atoms with Gasteiger partial charge in [0.25, 0.3) is 5.56 Å². The Morgan fingerprint density at radius 2 is 1.63 bits per heavy atom. The maximum Gasteiger partial charge on any atom is 0.330 e. The van der Waals surface area contributed by atoms with Gasteiger partial charge in [0.15, 0.2) is 5.69 Å². The number of nitrogens with one attached hydrogen (secondary N) is 2. The van der Waals surface area contributed by atoms with Gasteiger partial charge in [-0.3, -0.25) is 23.9 Å². The van der Waals surface area contributed by atoms with Crippen molar-refractivity contribution in [3.63, 3.8) is 0 Å². The lowest BCUT2D eigenvalue weighted by Gasteiger charge is -2.28. The Bertz CT molecular complexity index is 1280. The Hall–Kier alpha value is -4.14. The molecule has 1 aromatic heterocycles.